The highest BCUT2D eigenvalue weighted by molar-refractivity contribution is 5.89. The zero-order chi connectivity index (χ0) is 15.9. The minimum Gasteiger partial charge on any atom is -0.311 e. The molecule has 1 aromatic rings. The maximum atomic E-state index is 11.7. The van der Waals surface area contributed by atoms with Crippen molar-refractivity contribution < 1.29 is 4.79 Å². The van der Waals surface area contributed by atoms with Crippen molar-refractivity contribution in [2.24, 2.45) is 0 Å². The largest absolute Gasteiger partial charge is 0.311 e. The predicted molar refractivity (Wildman–Crippen MR) is 90.6 cm³/mol. The van der Waals surface area contributed by atoms with Crippen molar-refractivity contribution in [1.82, 2.24) is 9.97 Å². The average molecular weight is 304 g/mol. The van der Waals surface area contributed by atoms with E-state index in [2.05, 4.69) is 28.4 Å². The van der Waals surface area contributed by atoms with Crippen LogP contribution in [0.2, 0.25) is 0 Å². The van der Waals surface area contributed by atoms with Gasteiger partial charge in [-0.2, -0.15) is 0 Å². The zero-order valence-corrected chi connectivity index (χ0v) is 13.9. The fourth-order valence-corrected chi connectivity index (χ4v) is 2.48. The first-order chi connectivity index (χ1) is 10.8. The Balaban J connectivity index is 1.86. The van der Waals surface area contributed by atoms with Gasteiger partial charge in [-0.05, 0) is 6.42 Å². The second-order valence-electron chi connectivity index (χ2n) is 5.87. The first-order valence-corrected chi connectivity index (χ1v) is 8.81. The minimum absolute atomic E-state index is 0.0306. The highest BCUT2D eigenvalue weighted by Gasteiger charge is 2.02. The summed E-state index contributed by atoms with van der Waals surface area (Å²) in [5.74, 6) is 0.561. The van der Waals surface area contributed by atoms with Crippen molar-refractivity contribution in [2.75, 3.05) is 5.32 Å². The summed E-state index contributed by atoms with van der Waals surface area (Å²) < 4.78 is 0. The summed E-state index contributed by atoms with van der Waals surface area (Å²) in [5, 5.41) is 2.76. The number of unbranched alkanes of at least 4 members (excludes halogenated alkanes) is 10. The van der Waals surface area contributed by atoms with Gasteiger partial charge in [-0.1, -0.05) is 71.1 Å². The van der Waals surface area contributed by atoms with E-state index in [0.717, 1.165) is 12.8 Å². The molecule has 0 aromatic carbocycles. The first-order valence-electron chi connectivity index (χ1n) is 8.81. The lowest BCUT2D eigenvalue weighted by Gasteiger charge is -2.04. The lowest BCUT2D eigenvalue weighted by molar-refractivity contribution is -0.116. The van der Waals surface area contributed by atoms with Gasteiger partial charge in [0.15, 0.2) is 0 Å². The topological polar surface area (TPSA) is 54.9 Å². The number of hydrogen-bond donors (Lipinski definition) is 1. The molecule has 0 fully saturated rings. The highest BCUT2D eigenvalue weighted by atomic mass is 16.1. The standard InChI is InChI=1S/C18H30N3O/c1-2-3-4-5-6-7-8-9-10-11-12-13-18(22)21-17-14-15-19-16-20-17/h14,16H,2-13H2,1H3,(H,19,20,21,22). The highest BCUT2D eigenvalue weighted by Crippen LogP contribution is 2.12. The molecule has 1 aromatic heterocycles. The van der Waals surface area contributed by atoms with Crippen molar-refractivity contribution in [3.63, 3.8) is 0 Å². The van der Waals surface area contributed by atoms with E-state index in [-0.39, 0.29) is 5.91 Å². The Kier molecular flexibility index (Phi) is 11.2. The summed E-state index contributed by atoms with van der Waals surface area (Å²) in [6.07, 6.45) is 18.8. The van der Waals surface area contributed by atoms with Gasteiger partial charge in [-0.3, -0.25) is 4.79 Å². The Morgan fingerprint density at radius 3 is 2.14 bits per heavy atom. The molecule has 0 saturated carbocycles. The zero-order valence-electron chi connectivity index (χ0n) is 13.9. The van der Waals surface area contributed by atoms with Gasteiger partial charge < -0.3 is 5.32 Å². The van der Waals surface area contributed by atoms with Crippen LogP contribution >= 0.6 is 0 Å². The summed E-state index contributed by atoms with van der Waals surface area (Å²) in [5.41, 5.74) is 0. The van der Waals surface area contributed by atoms with Crippen molar-refractivity contribution in [3.8, 4) is 0 Å². The number of rotatable bonds is 13. The molecule has 0 aliphatic heterocycles. The Morgan fingerprint density at radius 1 is 1.00 bits per heavy atom. The molecule has 1 N–H and O–H groups in total. The van der Waals surface area contributed by atoms with Crippen LogP contribution in [0.25, 0.3) is 0 Å². The van der Waals surface area contributed by atoms with Crippen LogP contribution in [-0.2, 0) is 4.79 Å². The Labute approximate surface area is 135 Å². The van der Waals surface area contributed by atoms with Crippen LogP contribution in [0.15, 0.2) is 12.4 Å². The Morgan fingerprint density at radius 2 is 1.59 bits per heavy atom. The van der Waals surface area contributed by atoms with Crippen molar-refractivity contribution in [2.45, 2.75) is 84.0 Å². The van der Waals surface area contributed by atoms with Crippen LogP contribution in [0.5, 0.6) is 0 Å². The van der Waals surface area contributed by atoms with E-state index in [1.165, 1.54) is 64.1 Å². The number of nitrogens with one attached hydrogen (secondary N) is 1. The van der Waals surface area contributed by atoms with Crippen LogP contribution in [0, 0.1) is 6.20 Å². The number of anilines is 1. The summed E-state index contributed by atoms with van der Waals surface area (Å²) in [6.45, 7) is 2.26. The summed E-state index contributed by atoms with van der Waals surface area (Å²) in [7, 11) is 0. The molecule has 0 unspecified atom stereocenters. The molecular weight excluding hydrogens is 274 g/mol. The third-order valence-corrected chi connectivity index (χ3v) is 3.81. The molecule has 22 heavy (non-hydrogen) atoms. The van der Waals surface area contributed by atoms with Gasteiger partial charge in [0, 0.05) is 12.5 Å². The normalized spacial score (nSPS) is 10.6. The van der Waals surface area contributed by atoms with Crippen LogP contribution in [0.3, 0.4) is 0 Å². The maximum absolute atomic E-state index is 11.7. The number of aromatic nitrogens is 2. The van der Waals surface area contributed by atoms with Gasteiger partial charge in [0.1, 0.15) is 12.1 Å². The first kappa shape index (κ1) is 18.6. The number of carbonyl (C=O) groups excluding carboxylic acids is 1. The fraction of sp³-hybridized carbons (Fsp3) is 0.722. The Bertz CT molecular complexity index is 381. The second kappa shape index (κ2) is 13.2. The lowest BCUT2D eigenvalue weighted by Crippen LogP contribution is -2.12. The summed E-state index contributed by atoms with van der Waals surface area (Å²) in [6, 6.07) is 1.58. The van der Waals surface area contributed by atoms with Gasteiger partial charge in [-0.25, -0.2) is 9.97 Å². The smallest absolute Gasteiger partial charge is 0.225 e. The van der Waals surface area contributed by atoms with Gasteiger partial charge in [-0.15, -0.1) is 0 Å². The third kappa shape index (κ3) is 10.3. The van der Waals surface area contributed by atoms with E-state index in [0.29, 0.717) is 12.2 Å². The van der Waals surface area contributed by atoms with Gasteiger partial charge in [0.25, 0.3) is 0 Å². The average Bonchev–Trinajstić information content (AvgIpc) is 2.53. The van der Waals surface area contributed by atoms with Crippen molar-refractivity contribution in [3.05, 3.63) is 18.6 Å². The van der Waals surface area contributed by atoms with E-state index >= 15 is 0 Å². The molecule has 123 valence electrons. The monoisotopic (exact) mass is 304 g/mol. The second-order valence-corrected chi connectivity index (χ2v) is 5.87. The van der Waals surface area contributed by atoms with Crippen molar-refractivity contribution in [1.29, 1.82) is 0 Å². The molecule has 4 nitrogen and oxygen atoms in total. The molecule has 0 aliphatic rings. The van der Waals surface area contributed by atoms with Gasteiger partial charge >= 0.3 is 0 Å². The van der Waals surface area contributed by atoms with E-state index in [1.807, 2.05) is 0 Å². The molecule has 4 heteroatoms. The molecular formula is C18H30N3O. The molecule has 1 rings (SSSR count). The molecule has 0 aliphatic carbocycles. The quantitative estimate of drug-likeness (QED) is 0.526. The third-order valence-electron chi connectivity index (χ3n) is 3.81. The molecule has 0 saturated heterocycles. The molecule has 1 heterocycles. The number of amides is 1. The number of carbonyl (C=O) groups is 1. The van der Waals surface area contributed by atoms with E-state index in [1.54, 1.807) is 6.07 Å². The van der Waals surface area contributed by atoms with Crippen molar-refractivity contribution >= 4 is 11.7 Å². The minimum atomic E-state index is 0.0306. The SMILES string of the molecule is CCCCCCCCCCCCCC(=O)Nc1c[c]ncn1. The Hall–Kier alpha value is -1.45. The number of nitrogens with zero attached hydrogens (tertiary/aromatic N) is 2. The summed E-state index contributed by atoms with van der Waals surface area (Å²) >= 11 is 0. The fourth-order valence-electron chi connectivity index (χ4n) is 2.48. The molecule has 0 bridgehead atoms. The lowest BCUT2D eigenvalue weighted by atomic mass is 10.1. The van der Waals surface area contributed by atoms with Crippen LogP contribution in [-0.4, -0.2) is 15.9 Å². The van der Waals surface area contributed by atoms with E-state index in [9.17, 15) is 4.79 Å². The molecule has 1 amide bonds. The van der Waals surface area contributed by atoms with Gasteiger partial charge in [0.2, 0.25) is 5.91 Å². The predicted octanol–water partition coefficient (Wildman–Crippen LogP) is 4.92. The van der Waals surface area contributed by atoms with E-state index < -0.39 is 0 Å². The molecule has 0 atom stereocenters. The van der Waals surface area contributed by atoms with Crippen LogP contribution in [0.4, 0.5) is 5.82 Å². The molecule has 1 radical (unpaired) electrons. The summed E-state index contributed by atoms with van der Waals surface area (Å²) in [4.78, 5) is 19.3. The number of hydrogen-bond acceptors (Lipinski definition) is 3. The van der Waals surface area contributed by atoms with Crippen LogP contribution in [0.1, 0.15) is 84.0 Å². The van der Waals surface area contributed by atoms with Crippen LogP contribution < -0.4 is 5.32 Å². The molecule has 0 spiro atoms. The van der Waals surface area contributed by atoms with Gasteiger partial charge in [0.05, 0.1) is 6.20 Å². The van der Waals surface area contributed by atoms with E-state index in [4.69, 9.17) is 0 Å². The maximum Gasteiger partial charge on any atom is 0.225 e.